The molecule has 0 saturated carbocycles. The number of anilines is 1. The second kappa shape index (κ2) is 8.60. The van der Waals surface area contributed by atoms with Crippen molar-refractivity contribution in [1.82, 2.24) is 15.0 Å². The second-order valence-corrected chi connectivity index (χ2v) is 5.73. The third kappa shape index (κ3) is 4.04. The Morgan fingerprint density at radius 2 is 1.89 bits per heavy atom. The molecule has 0 aliphatic rings. The molecule has 1 amide bonds. The van der Waals surface area contributed by atoms with E-state index >= 15 is 0 Å². The summed E-state index contributed by atoms with van der Waals surface area (Å²) in [5, 5.41) is 19.7. The van der Waals surface area contributed by atoms with Crippen molar-refractivity contribution in [2.24, 2.45) is 5.92 Å². The van der Waals surface area contributed by atoms with Crippen LogP contribution in [0.1, 0.15) is 17.4 Å². The fourth-order valence-electron chi connectivity index (χ4n) is 2.52. The van der Waals surface area contributed by atoms with E-state index in [1.165, 1.54) is 10.9 Å². The highest BCUT2D eigenvalue weighted by molar-refractivity contribution is 6.15. The number of amides is 1. The van der Waals surface area contributed by atoms with Gasteiger partial charge >= 0.3 is 0 Å². The van der Waals surface area contributed by atoms with E-state index in [-0.39, 0.29) is 5.69 Å². The lowest BCUT2D eigenvalue weighted by Gasteiger charge is -2.12. The first-order valence-electron chi connectivity index (χ1n) is 8.58. The summed E-state index contributed by atoms with van der Waals surface area (Å²) in [4.78, 5) is 25.2. The number of carbonyl (C=O) groups excluding carboxylic acids is 2. The van der Waals surface area contributed by atoms with E-state index < -0.39 is 17.6 Å². The Morgan fingerprint density at radius 1 is 1.18 bits per heavy atom. The molecule has 3 rings (SSSR count). The number of hydrogen-bond donors (Lipinski definition) is 1. The van der Waals surface area contributed by atoms with Crippen LogP contribution < -0.4 is 10.1 Å². The highest BCUT2D eigenvalue weighted by Gasteiger charge is 2.30. The summed E-state index contributed by atoms with van der Waals surface area (Å²) in [6, 6.07) is 17.6. The van der Waals surface area contributed by atoms with E-state index in [1.807, 2.05) is 25.1 Å². The molecule has 0 saturated heterocycles. The highest BCUT2D eigenvalue weighted by atomic mass is 16.5. The minimum atomic E-state index is -1.56. The maximum absolute atomic E-state index is 12.6. The normalized spacial score (nSPS) is 11.3. The fraction of sp³-hybridized carbons (Fsp3) is 0.150. The molecule has 3 aromatic rings. The van der Waals surface area contributed by atoms with Crippen LogP contribution >= 0.6 is 0 Å². The number of rotatable bonds is 7. The van der Waals surface area contributed by atoms with Crippen molar-refractivity contribution >= 4 is 17.4 Å². The lowest BCUT2D eigenvalue weighted by atomic mass is 10.0. The Balaban J connectivity index is 1.78. The summed E-state index contributed by atoms with van der Waals surface area (Å²) >= 11 is 0. The van der Waals surface area contributed by atoms with Crippen LogP contribution in [0.4, 0.5) is 5.69 Å². The average Bonchev–Trinajstić information content (AvgIpc) is 3.21. The lowest BCUT2D eigenvalue weighted by molar-refractivity contribution is -0.117. The van der Waals surface area contributed by atoms with Gasteiger partial charge < -0.3 is 10.1 Å². The Morgan fingerprint density at radius 3 is 2.61 bits per heavy atom. The first-order valence-corrected chi connectivity index (χ1v) is 8.58. The number of benzene rings is 2. The van der Waals surface area contributed by atoms with Gasteiger partial charge in [-0.05, 0) is 31.2 Å². The summed E-state index contributed by atoms with van der Waals surface area (Å²) in [6.07, 6.45) is 1.39. The number of nitrogens with one attached hydrogen (secondary N) is 1. The SMILES string of the molecule is CCOc1ccccc1NC(=O)C(C#N)C(=O)c1cn(-c2ccccc2)nn1. The zero-order valence-electron chi connectivity index (χ0n) is 15.1. The highest BCUT2D eigenvalue weighted by Crippen LogP contribution is 2.24. The van der Waals surface area contributed by atoms with Crippen molar-refractivity contribution in [3.05, 3.63) is 66.5 Å². The minimum Gasteiger partial charge on any atom is -0.492 e. The molecule has 140 valence electrons. The number of hydrogen-bond acceptors (Lipinski definition) is 6. The Labute approximate surface area is 161 Å². The number of para-hydroxylation sites is 3. The quantitative estimate of drug-likeness (QED) is 0.502. The van der Waals surface area contributed by atoms with Crippen molar-refractivity contribution in [3.63, 3.8) is 0 Å². The number of ketones is 1. The smallest absolute Gasteiger partial charge is 0.249 e. The third-order valence-electron chi connectivity index (χ3n) is 3.86. The molecule has 1 heterocycles. The molecular weight excluding hydrogens is 358 g/mol. The largest absolute Gasteiger partial charge is 0.492 e. The lowest BCUT2D eigenvalue weighted by Crippen LogP contribution is -2.29. The van der Waals surface area contributed by atoms with Crippen LogP contribution in [0.5, 0.6) is 5.75 Å². The van der Waals surface area contributed by atoms with Crippen LogP contribution in [0.2, 0.25) is 0 Å². The summed E-state index contributed by atoms with van der Waals surface area (Å²) in [7, 11) is 0. The van der Waals surface area contributed by atoms with Crippen molar-refractivity contribution < 1.29 is 14.3 Å². The molecule has 0 bridgehead atoms. The van der Waals surface area contributed by atoms with Gasteiger partial charge in [0, 0.05) is 0 Å². The van der Waals surface area contributed by atoms with Gasteiger partial charge in [0.25, 0.3) is 0 Å². The van der Waals surface area contributed by atoms with Gasteiger partial charge in [-0.1, -0.05) is 35.5 Å². The monoisotopic (exact) mass is 375 g/mol. The molecule has 2 aromatic carbocycles. The molecule has 0 aliphatic carbocycles. The molecule has 0 aliphatic heterocycles. The summed E-state index contributed by atoms with van der Waals surface area (Å²) in [5.74, 6) is -2.59. The molecular formula is C20H17N5O3. The summed E-state index contributed by atoms with van der Waals surface area (Å²) in [5.41, 5.74) is 1.02. The standard InChI is InChI=1S/C20H17N5O3/c1-2-28-18-11-7-6-10-16(18)22-20(27)15(12-21)19(26)17-13-25(24-23-17)14-8-4-3-5-9-14/h3-11,13,15H,2H2,1H3,(H,22,27). The maximum Gasteiger partial charge on any atom is 0.249 e. The molecule has 0 fully saturated rings. The van der Waals surface area contributed by atoms with Crippen LogP contribution in [0.25, 0.3) is 5.69 Å². The average molecular weight is 375 g/mol. The van der Waals surface area contributed by atoms with Crippen LogP contribution in [-0.4, -0.2) is 33.3 Å². The molecule has 8 nitrogen and oxygen atoms in total. The molecule has 1 unspecified atom stereocenters. The van der Waals surface area contributed by atoms with Gasteiger partial charge in [-0.2, -0.15) is 5.26 Å². The van der Waals surface area contributed by atoms with Gasteiger partial charge in [-0.15, -0.1) is 5.10 Å². The first-order chi connectivity index (χ1) is 13.6. The minimum absolute atomic E-state index is 0.0661. The predicted molar refractivity (Wildman–Crippen MR) is 101 cm³/mol. The molecule has 1 N–H and O–H groups in total. The number of Topliss-reactive ketones (excluding diaryl/α,β-unsaturated/α-hetero) is 1. The Bertz CT molecular complexity index is 1020. The predicted octanol–water partition coefficient (Wildman–Crippen LogP) is 2.63. The van der Waals surface area contributed by atoms with Gasteiger partial charge in [0.15, 0.2) is 11.6 Å². The topological polar surface area (TPSA) is 110 Å². The van der Waals surface area contributed by atoms with Crippen molar-refractivity contribution in [3.8, 4) is 17.5 Å². The van der Waals surface area contributed by atoms with E-state index in [0.717, 1.165) is 0 Å². The molecule has 0 radical (unpaired) electrons. The van der Waals surface area contributed by atoms with Crippen molar-refractivity contribution in [2.45, 2.75) is 6.92 Å². The van der Waals surface area contributed by atoms with Gasteiger partial charge in [0.05, 0.1) is 30.2 Å². The van der Waals surface area contributed by atoms with Gasteiger partial charge in [0.1, 0.15) is 5.75 Å². The zero-order valence-corrected chi connectivity index (χ0v) is 15.1. The van der Waals surface area contributed by atoms with Crippen LogP contribution in [0.15, 0.2) is 60.8 Å². The van der Waals surface area contributed by atoms with Crippen molar-refractivity contribution in [2.75, 3.05) is 11.9 Å². The number of nitriles is 1. The molecule has 28 heavy (non-hydrogen) atoms. The van der Waals surface area contributed by atoms with E-state index in [9.17, 15) is 14.9 Å². The first kappa shape index (κ1) is 18.8. The van der Waals surface area contributed by atoms with Crippen molar-refractivity contribution in [1.29, 1.82) is 5.26 Å². The Hall–Kier alpha value is -3.99. The zero-order chi connectivity index (χ0) is 19.9. The van der Waals surface area contributed by atoms with Crippen LogP contribution in [-0.2, 0) is 4.79 Å². The van der Waals surface area contributed by atoms with E-state index in [1.54, 1.807) is 42.5 Å². The Kier molecular flexibility index (Phi) is 5.77. The van der Waals surface area contributed by atoms with E-state index in [0.29, 0.717) is 23.7 Å². The van der Waals surface area contributed by atoms with Gasteiger partial charge in [0.2, 0.25) is 11.7 Å². The molecule has 1 aromatic heterocycles. The molecule has 0 spiro atoms. The number of ether oxygens (including phenoxy) is 1. The summed E-state index contributed by atoms with van der Waals surface area (Å²) in [6.45, 7) is 2.23. The third-order valence-corrected chi connectivity index (χ3v) is 3.86. The number of carbonyl (C=O) groups is 2. The summed E-state index contributed by atoms with van der Waals surface area (Å²) < 4.78 is 6.85. The maximum atomic E-state index is 12.6. The second-order valence-electron chi connectivity index (χ2n) is 5.73. The molecule has 8 heteroatoms. The van der Waals surface area contributed by atoms with Crippen LogP contribution in [0.3, 0.4) is 0 Å². The van der Waals surface area contributed by atoms with Gasteiger partial charge in [-0.25, -0.2) is 4.68 Å². The van der Waals surface area contributed by atoms with Crippen LogP contribution in [0, 0.1) is 17.2 Å². The molecule has 1 atom stereocenters. The fourth-order valence-corrected chi connectivity index (χ4v) is 2.52. The van der Waals surface area contributed by atoms with E-state index in [4.69, 9.17) is 4.74 Å². The number of nitrogens with zero attached hydrogens (tertiary/aromatic N) is 4. The van der Waals surface area contributed by atoms with Gasteiger partial charge in [-0.3, -0.25) is 9.59 Å². The van der Waals surface area contributed by atoms with E-state index in [2.05, 4.69) is 15.6 Å². The number of aromatic nitrogens is 3.